The molecule has 0 saturated carbocycles. The first-order valence-corrected chi connectivity index (χ1v) is 3.61. The Bertz CT molecular complexity index is 248. The molecule has 2 nitrogen and oxygen atoms in total. The Kier molecular flexibility index (Phi) is 2.74. The highest BCUT2D eigenvalue weighted by Crippen LogP contribution is 2.20. The van der Waals surface area contributed by atoms with Crippen LogP contribution >= 0.6 is 11.6 Å². The van der Waals surface area contributed by atoms with E-state index < -0.39 is 0 Å². The van der Waals surface area contributed by atoms with Crippen molar-refractivity contribution in [2.45, 2.75) is 6.92 Å². The Morgan fingerprint density at radius 1 is 1.55 bits per heavy atom. The minimum Gasteiger partial charge on any atom is -0.468 e. The first kappa shape index (κ1) is 8.37. The second kappa shape index (κ2) is 3.60. The molecule has 0 heterocycles. The largest absolute Gasteiger partial charge is 0.468 e. The molecule has 0 radical (unpaired) electrons. The van der Waals surface area contributed by atoms with Crippen LogP contribution in [-0.4, -0.2) is 11.9 Å². The maximum Gasteiger partial charge on any atom is 0.186 e. The van der Waals surface area contributed by atoms with E-state index in [1.165, 1.54) is 0 Å². The standard InChI is InChI=1S/C8H9ClO2/c1-6-4-7(11-5-10)2-3-8(6)9/h2-4,10H,5H2,1H3. The lowest BCUT2D eigenvalue weighted by Gasteiger charge is -2.03. The third-order valence-electron chi connectivity index (χ3n) is 1.36. The fourth-order valence-corrected chi connectivity index (χ4v) is 0.899. The van der Waals surface area contributed by atoms with E-state index in [1.807, 2.05) is 6.92 Å². The van der Waals surface area contributed by atoms with Crippen molar-refractivity contribution in [3.8, 4) is 5.75 Å². The lowest BCUT2D eigenvalue weighted by molar-refractivity contribution is 0.0985. The molecule has 1 rings (SSSR count). The molecule has 0 unspecified atom stereocenters. The van der Waals surface area contributed by atoms with Gasteiger partial charge in [0.05, 0.1) is 0 Å². The Balaban J connectivity index is 2.86. The number of aliphatic hydroxyl groups excluding tert-OH is 1. The third-order valence-corrected chi connectivity index (χ3v) is 1.78. The fraction of sp³-hybridized carbons (Fsp3) is 0.250. The molecule has 0 saturated heterocycles. The average molecular weight is 173 g/mol. The number of aryl methyl sites for hydroxylation is 1. The van der Waals surface area contributed by atoms with Gasteiger partial charge in [0, 0.05) is 5.02 Å². The molecule has 0 aromatic heterocycles. The van der Waals surface area contributed by atoms with Gasteiger partial charge in [-0.2, -0.15) is 0 Å². The smallest absolute Gasteiger partial charge is 0.186 e. The van der Waals surface area contributed by atoms with Gasteiger partial charge in [-0.15, -0.1) is 0 Å². The van der Waals surface area contributed by atoms with Crippen LogP contribution in [0.2, 0.25) is 5.02 Å². The van der Waals surface area contributed by atoms with Gasteiger partial charge in [-0.3, -0.25) is 0 Å². The minimum atomic E-state index is -0.304. The summed E-state index contributed by atoms with van der Waals surface area (Å²) in [7, 11) is 0. The van der Waals surface area contributed by atoms with Gasteiger partial charge >= 0.3 is 0 Å². The maximum absolute atomic E-state index is 8.42. The topological polar surface area (TPSA) is 29.5 Å². The van der Waals surface area contributed by atoms with E-state index in [0.717, 1.165) is 5.56 Å². The predicted molar refractivity (Wildman–Crippen MR) is 43.9 cm³/mol. The van der Waals surface area contributed by atoms with Crippen molar-refractivity contribution in [1.82, 2.24) is 0 Å². The molecule has 0 amide bonds. The molecule has 0 aliphatic rings. The number of halogens is 1. The Hall–Kier alpha value is -0.730. The number of benzene rings is 1. The minimum absolute atomic E-state index is 0.304. The summed E-state index contributed by atoms with van der Waals surface area (Å²) in [5.41, 5.74) is 0.942. The average Bonchev–Trinajstić information content (AvgIpc) is 1.98. The highest BCUT2D eigenvalue weighted by Gasteiger charge is 1.96. The van der Waals surface area contributed by atoms with Crippen LogP contribution in [0.3, 0.4) is 0 Å². The second-order valence-electron chi connectivity index (χ2n) is 2.18. The molecule has 60 valence electrons. The van der Waals surface area contributed by atoms with E-state index in [-0.39, 0.29) is 6.79 Å². The molecule has 1 aromatic rings. The van der Waals surface area contributed by atoms with Crippen LogP contribution in [-0.2, 0) is 0 Å². The summed E-state index contributed by atoms with van der Waals surface area (Å²) in [5.74, 6) is 0.634. The van der Waals surface area contributed by atoms with Crippen molar-refractivity contribution in [3.63, 3.8) is 0 Å². The number of aliphatic hydroxyl groups is 1. The summed E-state index contributed by atoms with van der Waals surface area (Å²) < 4.78 is 4.84. The molecule has 1 N–H and O–H groups in total. The van der Waals surface area contributed by atoms with Gasteiger partial charge < -0.3 is 9.84 Å². The third kappa shape index (κ3) is 2.10. The van der Waals surface area contributed by atoms with Crippen LogP contribution in [0.25, 0.3) is 0 Å². The van der Waals surface area contributed by atoms with Gasteiger partial charge in [0.25, 0.3) is 0 Å². The number of rotatable bonds is 2. The molecule has 0 aliphatic carbocycles. The fourth-order valence-electron chi connectivity index (χ4n) is 0.782. The van der Waals surface area contributed by atoms with E-state index in [9.17, 15) is 0 Å². The second-order valence-corrected chi connectivity index (χ2v) is 2.59. The first-order chi connectivity index (χ1) is 5.24. The molecule has 0 fully saturated rings. The van der Waals surface area contributed by atoms with Crippen LogP contribution in [0.15, 0.2) is 18.2 Å². The highest BCUT2D eigenvalue weighted by atomic mass is 35.5. The predicted octanol–water partition coefficient (Wildman–Crippen LogP) is 1.98. The van der Waals surface area contributed by atoms with Crippen molar-refractivity contribution in [2.24, 2.45) is 0 Å². The van der Waals surface area contributed by atoms with Crippen LogP contribution < -0.4 is 4.74 Å². The monoisotopic (exact) mass is 172 g/mol. The van der Waals surface area contributed by atoms with E-state index in [4.69, 9.17) is 21.4 Å². The van der Waals surface area contributed by atoms with Crippen molar-refractivity contribution in [1.29, 1.82) is 0 Å². The van der Waals surface area contributed by atoms with Crippen LogP contribution in [0, 0.1) is 6.92 Å². The molecule has 0 atom stereocenters. The number of hydrogen-bond acceptors (Lipinski definition) is 2. The molecule has 0 spiro atoms. The van der Waals surface area contributed by atoms with E-state index in [1.54, 1.807) is 18.2 Å². The summed E-state index contributed by atoms with van der Waals surface area (Å²) in [6, 6.07) is 5.23. The van der Waals surface area contributed by atoms with Crippen molar-refractivity contribution in [2.75, 3.05) is 6.79 Å². The van der Waals surface area contributed by atoms with Gasteiger partial charge in [0.1, 0.15) is 5.75 Å². The number of ether oxygens (including phenoxy) is 1. The summed E-state index contributed by atoms with van der Waals surface area (Å²) in [5, 5.41) is 9.13. The van der Waals surface area contributed by atoms with Gasteiger partial charge in [-0.25, -0.2) is 0 Å². The lowest BCUT2D eigenvalue weighted by Crippen LogP contribution is -1.94. The van der Waals surface area contributed by atoms with E-state index >= 15 is 0 Å². The zero-order valence-electron chi connectivity index (χ0n) is 6.17. The molecule has 0 bridgehead atoms. The van der Waals surface area contributed by atoms with Crippen LogP contribution in [0.5, 0.6) is 5.75 Å². The van der Waals surface area contributed by atoms with E-state index in [0.29, 0.717) is 10.8 Å². The van der Waals surface area contributed by atoms with Gasteiger partial charge in [0.2, 0.25) is 0 Å². The summed E-state index contributed by atoms with van der Waals surface area (Å²) in [6.45, 7) is 1.58. The van der Waals surface area contributed by atoms with E-state index in [2.05, 4.69) is 0 Å². The van der Waals surface area contributed by atoms with Crippen molar-refractivity contribution in [3.05, 3.63) is 28.8 Å². The highest BCUT2D eigenvalue weighted by molar-refractivity contribution is 6.31. The zero-order chi connectivity index (χ0) is 8.27. The summed E-state index contributed by atoms with van der Waals surface area (Å²) in [6.07, 6.45) is 0. The molecular weight excluding hydrogens is 164 g/mol. The molecule has 1 aromatic carbocycles. The van der Waals surface area contributed by atoms with Gasteiger partial charge in [-0.05, 0) is 30.7 Å². The van der Waals surface area contributed by atoms with Gasteiger partial charge in [-0.1, -0.05) is 11.6 Å². The molecule has 0 aliphatic heterocycles. The molecular formula is C8H9ClO2. The Morgan fingerprint density at radius 2 is 2.27 bits per heavy atom. The first-order valence-electron chi connectivity index (χ1n) is 3.24. The summed E-state index contributed by atoms with van der Waals surface area (Å²) >= 11 is 5.76. The van der Waals surface area contributed by atoms with Gasteiger partial charge in [0.15, 0.2) is 6.79 Å². The number of hydrogen-bond donors (Lipinski definition) is 1. The maximum atomic E-state index is 8.42. The SMILES string of the molecule is Cc1cc(OCO)ccc1Cl. The zero-order valence-corrected chi connectivity index (χ0v) is 6.93. The Labute approximate surface area is 70.4 Å². The summed E-state index contributed by atoms with van der Waals surface area (Å²) in [4.78, 5) is 0. The lowest BCUT2D eigenvalue weighted by atomic mass is 10.2. The quantitative estimate of drug-likeness (QED) is 0.692. The molecule has 3 heteroatoms. The Morgan fingerprint density at radius 3 is 2.82 bits per heavy atom. The van der Waals surface area contributed by atoms with Crippen molar-refractivity contribution >= 4 is 11.6 Å². The normalized spacial score (nSPS) is 9.73. The van der Waals surface area contributed by atoms with Crippen LogP contribution in [0.4, 0.5) is 0 Å². The molecule has 11 heavy (non-hydrogen) atoms. The van der Waals surface area contributed by atoms with Crippen molar-refractivity contribution < 1.29 is 9.84 Å². The van der Waals surface area contributed by atoms with Crippen LogP contribution in [0.1, 0.15) is 5.56 Å².